The van der Waals surface area contributed by atoms with Crippen LogP contribution in [0.2, 0.25) is 0 Å². The molecular weight excluding hydrogens is 374 g/mol. The number of imide groups is 1. The van der Waals surface area contributed by atoms with Crippen molar-refractivity contribution >= 4 is 27.9 Å². The maximum atomic E-state index is 12.4. The first-order valence-corrected chi connectivity index (χ1v) is 9.79. The molecule has 1 heterocycles. The second-order valence-corrected chi connectivity index (χ2v) is 8.87. The molecule has 10 heteroatoms. The van der Waals surface area contributed by atoms with E-state index in [0.29, 0.717) is 12.1 Å². The molecular formula is C17H23N3O6S. The molecule has 1 aromatic carbocycles. The Kier molecular flexibility index (Phi) is 5.91. The number of sulfonamides is 1. The highest BCUT2D eigenvalue weighted by molar-refractivity contribution is 7.89. The molecule has 1 fully saturated rings. The molecule has 148 valence electrons. The fraction of sp³-hybridized carbons (Fsp3) is 0.471. The van der Waals surface area contributed by atoms with Gasteiger partial charge in [0.05, 0.1) is 10.5 Å². The molecule has 0 spiro atoms. The van der Waals surface area contributed by atoms with Crippen LogP contribution in [0.4, 0.5) is 4.79 Å². The Morgan fingerprint density at radius 2 is 1.96 bits per heavy atom. The molecule has 1 saturated heterocycles. The quantitative estimate of drug-likeness (QED) is 0.708. The summed E-state index contributed by atoms with van der Waals surface area (Å²) in [5.74, 6) is -1.48. The van der Waals surface area contributed by atoms with E-state index in [1.165, 1.54) is 18.2 Å². The van der Waals surface area contributed by atoms with Crippen LogP contribution in [-0.2, 0) is 19.6 Å². The van der Waals surface area contributed by atoms with Crippen molar-refractivity contribution in [2.24, 2.45) is 0 Å². The van der Waals surface area contributed by atoms with Crippen LogP contribution >= 0.6 is 0 Å². The third kappa shape index (κ3) is 5.27. The van der Waals surface area contributed by atoms with Gasteiger partial charge in [0, 0.05) is 18.6 Å². The van der Waals surface area contributed by atoms with Gasteiger partial charge in [0.25, 0.3) is 5.91 Å². The van der Waals surface area contributed by atoms with Crippen molar-refractivity contribution in [3.8, 4) is 0 Å². The first-order valence-electron chi connectivity index (χ1n) is 8.31. The van der Waals surface area contributed by atoms with Gasteiger partial charge >= 0.3 is 12.0 Å². The Hall–Kier alpha value is -2.46. The fourth-order valence-electron chi connectivity index (χ4n) is 2.44. The zero-order valence-corrected chi connectivity index (χ0v) is 16.5. The number of nitrogens with zero attached hydrogens (tertiary/aromatic N) is 1. The summed E-state index contributed by atoms with van der Waals surface area (Å²) in [5, 5.41) is 2.47. The number of hydrogen-bond donors (Lipinski definition) is 2. The highest BCUT2D eigenvalue weighted by atomic mass is 32.2. The van der Waals surface area contributed by atoms with Crippen LogP contribution in [0.15, 0.2) is 23.1 Å². The molecule has 2 rings (SSSR count). The number of esters is 1. The molecule has 0 radical (unpaired) electrons. The Bertz CT molecular complexity index is 873. The summed E-state index contributed by atoms with van der Waals surface area (Å²) >= 11 is 0. The number of rotatable bonds is 5. The van der Waals surface area contributed by atoms with Crippen LogP contribution in [0.25, 0.3) is 0 Å². The van der Waals surface area contributed by atoms with Gasteiger partial charge < -0.3 is 10.1 Å². The summed E-state index contributed by atoms with van der Waals surface area (Å²) in [6.07, 6.45) is 0. The Balaban J connectivity index is 2.14. The lowest BCUT2D eigenvalue weighted by molar-refractivity contribution is -0.130. The second-order valence-electron chi connectivity index (χ2n) is 7.19. The van der Waals surface area contributed by atoms with Gasteiger partial charge in [-0.3, -0.25) is 9.69 Å². The van der Waals surface area contributed by atoms with E-state index in [0.717, 1.165) is 4.90 Å². The summed E-state index contributed by atoms with van der Waals surface area (Å²) < 4.78 is 32.4. The molecule has 0 aliphatic carbocycles. The maximum Gasteiger partial charge on any atom is 0.338 e. The minimum atomic E-state index is -3.83. The molecule has 1 aliphatic heterocycles. The number of urea groups is 1. The van der Waals surface area contributed by atoms with Gasteiger partial charge in [-0.25, -0.2) is 22.7 Å². The number of amides is 3. The highest BCUT2D eigenvalue weighted by Gasteiger charge is 2.28. The van der Waals surface area contributed by atoms with Crippen LogP contribution in [0.3, 0.4) is 0 Å². The molecule has 0 bridgehead atoms. The Morgan fingerprint density at radius 1 is 1.30 bits per heavy atom. The molecule has 3 amide bonds. The number of benzene rings is 1. The van der Waals surface area contributed by atoms with Gasteiger partial charge in [-0.15, -0.1) is 0 Å². The van der Waals surface area contributed by atoms with E-state index in [4.69, 9.17) is 4.74 Å². The molecule has 1 aliphatic rings. The van der Waals surface area contributed by atoms with Crippen molar-refractivity contribution in [1.82, 2.24) is 14.9 Å². The van der Waals surface area contributed by atoms with Gasteiger partial charge in [-0.2, -0.15) is 0 Å². The SMILES string of the molecule is Cc1ccc(S(=O)(=O)NC(C)(C)C)cc1C(=O)OCC(=O)N1CCNC1=O. The van der Waals surface area contributed by atoms with Crippen LogP contribution in [0.5, 0.6) is 0 Å². The molecule has 9 nitrogen and oxygen atoms in total. The van der Waals surface area contributed by atoms with Crippen molar-refractivity contribution in [3.63, 3.8) is 0 Å². The van der Waals surface area contributed by atoms with Crippen LogP contribution in [-0.4, -0.2) is 56.5 Å². The van der Waals surface area contributed by atoms with Crippen LogP contribution in [0.1, 0.15) is 36.7 Å². The van der Waals surface area contributed by atoms with Crippen LogP contribution < -0.4 is 10.0 Å². The smallest absolute Gasteiger partial charge is 0.338 e. The maximum absolute atomic E-state index is 12.4. The largest absolute Gasteiger partial charge is 0.452 e. The second kappa shape index (κ2) is 7.65. The molecule has 0 saturated carbocycles. The number of carbonyl (C=O) groups is 3. The molecule has 27 heavy (non-hydrogen) atoms. The predicted octanol–water partition coefficient (Wildman–Crippen LogP) is 0.780. The number of hydrogen-bond acceptors (Lipinski definition) is 6. The van der Waals surface area contributed by atoms with Crippen molar-refractivity contribution in [3.05, 3.63) is 29.3 Å². The van der Waals surface area contributed by atoms with Crippen molar-refractivity contribution in [1.29, 1.82) is 0 Å². The first-order chi connectivity index (χ1) is 12.4. The van der Waals surface area contributed by atoms with E-state index in [-0.39, 0.29) is 17.0 Å². The minimum absolute atomic E-state index is 0.0328. The summed E-state index contributed by atoms with van der Waals surface area (Å²) in [7, 11) is -3.83. The van der Waals surface area contributed by atoms with E-state index < -0.39 is 40.1 Å². The molecule has 0 aromatic heterocycles. The van der Waals surface area contributed by atoms with Crippen LogP contribution in [0, 0.1) is 6.92 Å². The summed E-state index contributed by atoms with van der Waals surface area (Å²) in [4.78, 5) is 36.6. The van der Waals surface area contributed by atoms with Gasteiger partial charge in [0.15, 0.2) is 6.61 Å². The summed E-state index contributed by atoms with van der Waals surface area (Å²) in [5.41, 5.74) is -0.154. The van der Waals surface area contributed by atoms with E-state index in [2.05, 4.69) is 10.0 Å². The lowest BCUT2D eigenvalue weighted by Crippen LogP contribution is -2.40. The molecule has 0 atom stereocenters. The third-order valence-corrected chi connectivity index (χ3v) is 5.42. The summed E-state index contributed by atoms with van der Waals surface area (Å²) in [6.45, 7) is 6.68. The average molecular weight is 397 g/mol. The first kappa shape index (κ1) is 20.8. The number of aryl methyl sites for hydroxylation is 1. The fourth-order valence-corrected chi connectivity index (χ4v) is 3.89. The zero-order chi connectivity index (χ0) is 20.4. The molecule has 2 N–H and O–H groups in total. The Labute approximate surface area is 158 Å². The van der Waals surface area contributed by atoms with Gasteiger partial charge in [0.1, 0.15) is 0 Å². The number of carbonyl (C=O) groups excluding carboxylic acids is 3. The highest BCUT2D eigenvalue weighted by Crippen LogP contribution is 2.18. The third-order valence-electron chi connectivity index (χ3n) is 3.66. The Morgan fingerprint density at radius 3 is 2.52 bits per heavy atom. The summed E-state index contributed by atoms with van der Waals surface area (Å²) in [6, 6.07) is 3.55. The lowest BCUT2D eigenvalue weighted by Gasteiger charge is -2.20. The van der Waals surface area contributed by atoms with E-state index in [9.17, 15) is 22.8 Å². The molecule has 1 aromatic rings. The van der Waals surface area contributed by atoms with Gasteiger partial charge in [0.2, 0.25) is 10.0 Å². The van der Waals surface area contributed by atoms with Gasteiger partial charge in [-0.05, 0) is 45.4 Å². The molecule has 0 unspecified atom stereocenters. The average Bonchev–Trinajstić information content (AvgIpc) is 2.96. The topological polar surface area (TPSA) is 122 Å². The zero-order valence-electron chi connectivity index (χ0n) is 15.7. The number of ether oxygens (including phenoxy) is 1. The van der Waals surface area contributed by atoms with E-state index in [1.54, 1.807) is 27.7 Å². The number of nitrogens with one attached hydrogen (secondary N) is 2. The van der Waals surface area contributed by atoms with E-state index >= 15 is 0 Å². The normalized spacial score (nSPS) is 14.8. The lowest BCUT2D eigenvalue weighted by atomic mass is 10.1. The van der Waals surface area contributed by atoms with Crippen molar-refractivity contribution in [2.45, 2.75) is 38.1 Å². The van der Waals surface area contributed by atoms with Crippen molar-refractivity contribution in [2.75, 3.05) is 19.7 Å². The minimum Gasteiger partial charge on any atom is -0.452 e. The standard InChI is InChI=1S/C17H23N3O6S/c1-11-5-6-12(27(24,25)19-17(2,3)4)9-13(11)15(22)26-10-14(21)20-8-7-18-16(20)23/h5-6,9,19H,7-8,10H2,1-4H3,(H,18,23). The van der Waals surface area contributed by atoms with E-state index in [1.807, 2.05) is 0 Å². The predicted molar refractivity (Wildman–Crippen MR) is 96.6 cm³/mol. The van der Waals surface area contributed by atoms with Crippen molar-refractivity contribution < 1.29 is 27.5 Å². The van der Waals surface area contributed by atoms with Gasteiger partial charge in [-0.1, -0.05) is 6.07 Å². The monoisotopic (exact) mass is 397 g/mol.